The Morgan fingerprint density at radius 2 is 1.71 bits per heavy atom. The second-order valence-electron chi connectivity index (χ2n) is 8.86. The molecule has 0 heterocycles. The molecule has 0 saturated carbocycles. The second kappa shape index (κ2) is 9.49. The Bertz CT molecular complexity index is 972. The van der Waals surface area contributed by atoms with Crippen LogP contribution >= 0.6 is 23.2 Å². The average Bonchev–Trinajstić information content (AvgIpc) is 2.69. The fourth-order valence-corrected chi connectivity index (χ4v) is 4.17. The third-order valence-electron chi connectivity index (χ3n) is 5.28. The van der Waals surface area contributed by atoms with Crippen LogP contribution in [0.3, 0.4) is 0 Å². The number of hydrogen-bond donors (Lipinski definition) is 2. The largest absolute Gasteiger partial charge is 0.444 e. The minimum Gasteiger partial charge on any atom is -0.444 e. The number of amides is 2. The highest BCUT2D eigenvalue weighted by molar-refractivity contribution is 6.42. The van der Waals surface area contributed by atoms with Gasteiger partial charge in [0.15, 0.2) is 0 Å². The predicted octanol–water partition coefficient (Wildman–Crippen LogP) is 5.99. The molecule has 2 aromatic carbocycles. The van der Waals surface area contributed by atoms with Crippen molar-refractivity contribution in [3.8, 4) is 0 Å². The van der Waals surface area contributed by atoms with Gasteiger partial charge in [-0.1, -0.05) is 53.5 Å². The number of alkyl carbamates (subject to hydrolysis) is 1. The van der Waals surface area contributed by atoms with Crippen LogP contribution in [0.4, 0.5) is 4.79 Å². The molecule has 0 radical (unpaired) electrons. The van der Waals surface area contributed by atoms with Crippen LogP contribution in [0.15, 0.2) is 42.5 Å². The van der Waals surface area contributed by atoms with Crippen LogP contribution in [0, 0.1) is 0 Å². The molecule has 0 aliphatic heterocycles. The van der Waals surface area contributed by atoms with Gasteiger partial charge >= 0.3 is 6.09 Å². The van der Waals surface area contributed by atoms with E-state index in [1.807, 2.05) is 36.4 Å². The number of carbonyl (C=O) groups excluding carboxylic acids is 2. The Labute approximate surface area is 193 Å². The molecule has 3 rings (SSSR count). The second-order valence-corrected chi connectivity index (χ2v) is 9.68. The first-order valence-electron chi connectivity index (χ1n) is 10.4. The van der Waals surface area contributed by atoms with Crippen molar-refractivity contribution in [2.75, 3.05) is 0 Å². The van der Waals surface area contributed by atoms with Gasteiger partial charge in [0.05, 0.1) is 16.1 Å². The van der Waals surface area contributed by atoms with E-state index in [1.54, 1.807) is 27.7 Å². The summed E-state index contributed by atoms with van der Waals surface area (Å²) in [5.74, 6) is -0.0740. The molecular weight excluding hydrogens is 435 g/mol. The van der Waals surface area contributed by atoms with Crippen molar-refractivity contribution in [3.63, 3.8) is 0 Å². The van der Waals surface area contributed by atoms with E-state index in [1.165, 1.54) is 0 Å². The van der Waals surface area contributed by atoms with E-state index in [4.69, 9.17) is 27.9 Å². The maximum Gasteiger partial charge on any atom is 0.408 e. The highest BCUT2D eigenvalue weighted by Gasteiger charge is 2.30. The van der Waals surface area contributed by atoms with Gasteiger partial charge in [-0.3, -0.25) is 4.79 Å². The molecule has 5 nitrogen and oxygen atoms in total. The van der Waals surface area contributed by atoms with Crippen molar-refractivity contribution in [1.29, 1.82) is 0 Å². The highest BCUT2D eigenvalue weighted by Crippen LogP contribution is 2.42. The average molecular weight is 463 g/mol. The Morgan fingerprint density at radius 3 is 2.35 bits per heavy atom. The molecule has 3 atom stereocenters. The third kappa shape index (κ3) is 5.92. The molecule has 2 N–H and O–H groups in total. The van der Waals surface area contributed by atoms with Gasteiger partial charge in [0.25, 0.3) is 0 Å². The zero-order valence-electron chi connectivity index (χ0n) is 18.2. The summed E-state index contributed by atoms with van der Waals surface area (Å²) in [6.45, 7) is 6.98. The zero-order chi connectivity index (χ0) is 22.8. The van der Waals surface area contributed by atoms with E-state index in [0.717, 1.165) is 29.5 Å². The first-order valence-corrected chi connectivity index (χ1v) is 11.1. The quantitative estimate of drug-likeness (QED) is 0.585. The summed E-state index contributed by atoms with van der Waals surface area (Å²) in [5, 5.41) is 6.74. The van der Waals surface area contributed by atoms with Gasteiger partial charge in [0, 0.05) is 5.92 Å². The van der Waals surface area contributed by atoms with Crippen LogP contribution in [0.5, 0.6) is 0 Å². The number of carbonyl (C=O) groups is 2. The van der Waals surface area contributed by atoms with E-state index in [-0.39, 0.29) is 17.9 Å². The van der Waals surface area contributed by atoms with Gasteiger partial charge in [0.2, 0.25) is 5.91 Å². The summed E-state index contributed by atoms with van der Waals surface area (Å²) in [6.07, 6.45) is 1.01. The van der Waals surface area contributed by atoms with Crippen molar-refractivity contribution in [2.24, 2.45) is 0 Å². The smallest absolute Gasteiger partial charge is 0.408 e. The molecule has 0 aromatic heterocycles. The lowest BCUT2D eigenvalue weighted by Crippen LogP contribution is -2.47. The fraction of sp³-hybridized carbons (Fsp3) is 0.417. The molecule has 0 saturated heterocycles. The number of halogens is 2. The Balaban J connectivity index is 1.73. The Hall–Kier alpha value is -2.24. The van der Waals surface area contributed by atoms with E-state index in [9.17, 15) is 9.59 Å². The van der Waals surface area contributed by atoms with Crippen molar-refractivity contribution in [3.05, 3.63) is 69.2 Å². The number of ether oxygens (including phenoxy) is 1. The zero-order valence-corrected chi connectivity index (χ0v) is 19.7. The van der Waals surface area contributed by atoms with Crippen molar-refractivity contribution in [1.82, 2.24) is 10.6 Å². The summed E-state index contributed by atoms with van der Waals surface area (Å²) in [7, 11) is 0. The first-order chi connectivity index (χ1) is 14.5. The van der Waals surface area contributed by atoms with Crippen LogP contribution in [0.2, 0.25) is 10.0 Å². The SMILES string of the molecule is C[C@H](NC(=O)OC(C)(C)C)C(=O)NC1CCC(c2ccc(Cl)c(Cl)c2)c2ccccc21. The third-order valence-corrected chi connectivity index (χ3v) is 6.02. The van der Waals surface area contributed by atoms with Gasteiger partial charge in [-0.05, 0) is 69.4 Å². The van der Waals surface area contributed by atoms with Crippen molar-refractivity contribution < 1.29 is 14.3 Å². The van der Waals surface area contributed by atoms with Gasteiger partial charge in [-0.2, -0.15) is 0 Å². The van der Waals surface area contributed by atoms with Gasteiger partial charge < -0.3 is 15.4 Å². The maximum atomic E-state index is 12.7. The lowest BCUT2D eigenvalue weighted by Gasteiger charge is -2.33. The van der Waals surface area contributed by atoms with Crippen molar-refractivity contribution >= 4 is 35.2 Å². The highest BCUT2D eigenvalue weighted by atomic mass is 35.5. The van der Waals surface area contributed by atoms with Gasteiger partial charge in [-0.15, -0.1) is 0 Å². The molecule has 7 heteroatoms. The molecule has 0 bridgehead atoms. The van der Waals surface area contributed by atoms with Crippen LogP contribution in [-0.2, 0) is 9.53 Å². The molecule has 1 aliphatic rings. The van der Waals surface area contributed by atoms with Crippen LogP contribution in [0.1, 0.15) is 69.2 Å². The summed E-state index contributed by atoms with van der Waals surface area (Å²) < 4.78 is 5.24. The summed E-state index contributed by atoms with van der Waals surface area (Å²) in [5.41, 5.74) is 2.71. The Kier molecular flexibility index (Phi) is 7.17. The summed E-state index contributed by atoms with van der Waals surface area (Å²) in [4.78, 5) is 24.7. The normalized spacial score (nSPS) is 19.2. The van der Waals surface area contributed by atoms with E-state index < -0.39 is 17.7 Å². The predicted molar refractivity (Wildman–Crippen MR) is 124 cm³/mol. The van der Waals surface area contributed by atoms with Crippen LogP contribution in [0.25, 0.3) is 0 Å². The van der Waals surface area contributed by atoms with Crippen molar-refractivity contribution in [2.45, 2.75) is 64.1 Å². The van der Waals surface area contributed by atoms with Gasteiger partial charge in [-0.25, -0.2) is 4.79 Å². The van der Waals surface area contributed by atoms with Crippen LogP contribution < -0.4 is 10.6 Å². The molecule has 166 valence electrons. The minimum atomic E-state index is -0.713. The monoisotopic (exact) mass is 462 g/mol. The number of benzene rings is 2. The van der Waals surface area contributed by atoms with E-state index >= 15 is 0 Å². The van der Waals surface area contributed by atoms with E-state index in [2.05, 4.69) is 16.7 Å². The first kappa shape index (κ1) is 23.4. The molecular formula is C24H28Cl2N2O3. The summed E-state index contributed by atoms with van der Waals surface area (Å²) in [6, 6.07) is 13.0. The molecule has 2 amide bonds. The molecule has 0 spiro atoms. The van der Waals surface area contributed by atoms with Gasteiger partial charge in [0.1, 0.15) is 11.6 Å². The minimum absolute atomic E-state index is 0.134. The number of fused-ring (bicyclic) bond motifs is 1. The Morgan fingerprint density at radius 1 is 1.03 bits per heavy atom. The molecule has 0 fully saturated rings. The standard InChI is InChI=1S/C24H28Cl2N2O3/c1-14(27-23(30)31-24(2,3)4)22(29)28-21-12-10-16(17-7-5-6-8-18(17)21)15-9-11-19(25)20(26)13-15/h5-9,11,13-14,16,21H,10,12H2,1-4H3,(H,27,30)(H,28,29)/t14-,16?,21?/m0/s1. The lowest BCUT2D eigenvalue weighted by atomic mass is 9.76. The fourth-order valence-electron chi connectivity index (χ4n) is 3.86. The molecule has 2 unspecified atom stereocenters. The number of nitrogens with one attached hydrogen (secondary N) is 2. The van der Waals surface area contributed by atoms with E-state index in [0.29, 0.717) is 10.0 Å². The van der Waals surface area contributed by atoms with Crippen LogP contribution in [-0.4, -0.2) is 23.6 Å². The summed E-state index contributed by atoms with van der Waals surface area (Å²) >= 11 is 12.3. The number of hydrogen-bond acceptors (Lipinski definition) is 3. The lowest BCUT2D eigenvalue weighted by molar-refractivity contribution is -0.123. The topological polar surface area (TPSA) is 67.4 Å². The molecule has 1 aliphatic carbocycles. The molecule has 31 heavy (non-hydrogen) atoms. The maximum absolute atomic E-state index is 12.7. The molecule has 2 aromatic rings. The number of rotatable bonds is 4.